The third-order valence-corrected chi connectivity index (χ3v) is 7.13. The van der Waals surface area contributed by atoms with Crippen LogP contribution in [0.1, 0.15) is 82.6 Å². The Bertz CT molecular complexity index is 682. The molecule has 0 saturated heterocycles. The van der Waals surface area contributed by atoms with E-state index in [9.17, 15) is 9.90 Å². The Hall–Kier alpha value is -1.81. The monoisotopic (exact) mass is 428 g/mol. The Morgan fingerprint density at radius 2 is 1.71 bits per heavy atom. The lowest BCUT2D eigenvalue weighted by Crippen LogP contribution is -2.23. The summed E-state index contributed by atoms with van der Waals surface area (Å²) in [7, 11) is 0. The number of carbonyl (C=O) groups is 1. The van der Waals surface area contributed by atoms with Crippen molar-refractivity contribution >= 4 is 5.97 Å². The number of ether oxygens (including phenoxy) is 2. The van der Waals surface area contributed by atoms with Gasteiger partial charge in [0, 0.05) is 18.1 Å². The fourth-order valence-corrected chi connectivity index (χ4v) is 5.12. The van der Waals surface area contributed by atoms with Gasteiger partial charge in [0.1, 0.15) is 5.75 Å². The molecule has 4 nitrogen and oxygen atoms in total. The summed E-state index contributed by atoms with van der Waals surface area (Å²) in [5, 5.41) is 9.67. The van der Waals surface area contributed by atoms with Crippen LogP contribution in [0.5, 0.6) is 5.75 Å². The molecule has 1 aromatic carbocycles. The van der Waals surface area contributed by atoms with Crippen LogP contribution in [0.15, 0.2) is 36.4 Å². The van der Waals surface area contributed by atoms with E-state index in [0.29, 0.717) is 17.4 Å². The van der Waals surface area contributed by atoms with Crippen LogP contribution >= 0.6 is 0 Å². The maximum absolute atomic E-state index is 11.6. The van der Waals surface area contributed by atoms with Crippen molar-refractivity contribution in [3.8, 4) is 5.75 Å². The van der Waals surface area contributed by atoms with Crippen LogP contribution in [-0.4, -0.2) is 30.9 Å². The molecule has 0 radical (unpaired) electrons. The Balaban J connectivity index is 1.39. The number of aliphatic hydroxyl groups is 1. The number of hydrogen-bond acceptors (Lipinski definition) is 4. The van der Waals surface area contributed by atoms with Crippen molar-refractivity contribution in [2.45, 2.75) is 77.0 Å². The summed E-state index contributed by atoms with van der Waals surface area (Å²) in [6, 6.07) is 8.77. The van der Waals surface area contributed by atoms with E-state index in [1.165, 1.54) is 50.5 Å². The minimum atomic E-state index is -0.367. The molecule has 1 N–H and O–H groups in total. The van der Waals surface area contributed by atoms with Crippen molar-refractivity contribution in [1.82, 2.24) is 0 Å². The quantitative estimate of drug-likeness (QED) is 0.365. The smallest absolute Gasteiger partial charge is 0.333 e. The van der Waals surface area contributed by atoms with Crippen molar-refractivity contribution in [2.24, 2.45) is 17.8 Å². The maximum atomic E-state index is 11.6. The van der Waals surface area contributed by atoms with Crippen LogP contribution in [0.25, 0.3) is 0 Å². The summed E-state index contributed by atoms with van der Waals surface area (Å²) in [5.74, 6) is 2.58. The second-order valence-electron chi connectivity index (χ2n) is 9.76. The maximum Gasteiger partial charge on any atom is 0.333 e. The summed E-state index contributed by atoms with van der Waals surface area (Å²) in [6.07, 6.45) is 12.3. The molecule has 4 heteroatoms. The molecule has 172 valence electrons. The van der Waals surface area contributed by atoms with Crippen molar-refractivity contribution < 1.29 is 19.4 Å². The molecular weight excluding hydrogens is 388 g/mol. The first-order chi connectivity index (χ1) is 15.0. The summed E-state index contributed by atoms with van der Waals surface area (Å²) in [6.45, 7) is 6.45. The number of carbonyl (C=O) groups excluding carboxylic acids is 1. The van der Waals surface area contributed by atoms with Gasteiger partial charge in [-0.3, -0.25) is 0 Å². The molecule has 2 aliphatic rings. The summed E-state index contributed by atoms with van der Waals surface area (Å²) in [4.78, 5) is 11.6. The first-order valence-corrected chi connectivity index (χ1v) is 12.2. The van der Waals surface area contributed by atoms with Crippen molar-refractivity contribution in [3.63, 3.8) is 0 Å². The minimum absolute atomic E-state index is 0.0189. The highest BCUT2D eigenvalue weighted by Gasteiger charge is 2.25. The summed E-state index contributed by atoms with van der Waals surface area (Å²) < 4.78 is 11.3. The van der Waals surface area contributed by atoms with E-state index in [-0.39, 0.29) is 25.1 Å². The predicted molar refractivity (Wildman–Crippen MR) is 124 cm³/mol. The highest BCUT2D eigenvalue weighted by Crippen LogP contribution is 2.38. The van der Waals surface area contributed by atoms with Crippen LogP contribution in [0.2, 0.25) is 0 Å². The van der Waals surface area contributed by atoms with Crippen molar-refractivity contribution in [3.05, 3.63) is 42.0 Å². The molecule has 3 rings (SSSR count). The average Bonchev–Trinajstić information content (AvgIpc) is 2.81. The Kier molecular flexibility index (Phi) is 9.45. The van der Waals surface area contributed by atoms with Crippen LogP contribution in [0.4, 0.5) is 0 Å². The Labute approximate surface area is 188 Å². The molecule has 1 aromatic rings. The number of aliphatic hydroxyl groups excluding tert-OH is 1. The second kappa shape index (κ2) is 12.3. The van der Waals surface area contributed by atoms with Crippen LogP contribution in [0.3, 0.4) is 0 Å². The van der Waals surface area contributed by atoms with Gasteiger partial charge in [-0.2, -0.15) is 0 Å². The molecule has 0 aromatic heterocycles. The molecule has 31 heavy (non-hydrogen) atoms. The number of hydrogen-bond donors (Lipinski definition) is 1. The van der Waals surface area contributed by atoms with Crippen LogP contribution < -0.4 is 4.74 Å². The average molecular weight is 429 g/mol. The molecule has 0 aliphatic heterocycles. The molecule has 0 bridgehead atoms. The van der Waals surface area contributed by atoms with E-state index in [0.717, 1.165) is 37.5 Å². The van der Waals surface area contributed by atoms with Crippen LogP contribution in [0, 0.1) is 17.8 Å². The van der Waals surface area contributed by atoms with Gasteiger partial charge in [0.2, 0.25) is 0 Å². The predicted octanol–water partition coefficient (Wildman–Crippen LogP) is 6.04. The minimum Gasteiger partial charge on any atom is -0.493 e. The molecule has 2 aliphatic carbocycles. The van der Waals surface area contributed by atoms with Crippen molar-refractivity contribution in [2.75, 3.05) is 19.8 Å². The normalized spacial score (nSPS) is 23.2. The van der Waals surface area contributed by atoms with Gasteiger partial charge >= 0.3 is 5.97 Å². The Morgan fingerprint density at radius 3 is 2.32 bits per heavy atom. The third-order valence-electron chi connectivity index (χ3n) is 7.13. The van der Waals surface area contributed by atoms with E-state index < -0.39 is 0 Å². The largest absolute Gasteiger partial charge is 0.493 e. The first-order valence-electron chi connectivity index (χ1n) is 12.2. The molecule has 2 saturated carbocycles. The molecule has 2 fully saturated rings. The zero-order chi connectivity index (χ0) is 22.1. The number of benzene rings is 1. The number of rotatable bonds is 10. The van der Waals surface area contributed by atoms with E-state index >= 15 is 0 Å². The van der Waals surface area contributed by atoms with Gasteiger partial charge in [0.05, 0.1) is 13.2 Å². The lowest BCUT2D eigenvalue weighted by atomic mass is 9.76. The highest BCUT2D eigenvalue weighted by atomic mass is 16.5. The lowest BCUT2D eigenvalue weighted by Gasteiger charge is -2.31. The topological polar surface area (TPSA) is 55.8 Å². The second-order valence-corrected chi connectivity index (χ2v) is 9.76. The molecule has 0 heterocycles. The molecule has 0 amide bonds. The fraction of sp³-hybridized carbons (Fsp3) is 0.667. The van der Waals surface area contributed by atoms with E-state index in [1.807, 2.05) is 0 Å². The zero-order valence-electron chi connectivity index (χ0n) is 19.2. The molecule has 1 unspecified atom stereocenters. The van der Waals surface area contributed by atoms with Gasteiger partial charge in [-0.25, -0.2) is 4.79 Å². The standard InChI is InChI=1S/C27H40O4/c1-20(2)27(29)31-19-23(17-28)16-21-8-10-24(11-9-21)25-12-14-26(15-13-25)30-18-22-6-4-3-5-7-22/h12-15,21-24,28H,1,3-11,16-19H2,2H3. The van der Waals surface area contributed by atoms with Gasteiger partial charge in [0.25, 0.3) is 0 Å². The van der Waals surface area contributed by atoms with E-state index in [2.05, 4.69) is 30.8 Å². The first kappa shape index (κ1) is 23.8. The zero-order valence-corrected chi connectivity index (χ0v) is 19.2. The SMILES string of the molecule is C=C(C)C(=O)OCC(CO)CC1CCC(c2ccc(OCC3CCCCC3)cc2)CC1. The molecular formula is C27H40O4. The van der Waals surface area contributed by atoms with Gasteiger partial charge in [0.15, 0.2) is 0 Å². The van der Waals surface area contributed by atoms with Crippen molar-refractivity contribution in [1.29, 1.82) is 0 Å². The van der Waals surface area contributed by atoms with Gasteiger partial charge in [-0.1, -0.05) is 38.0 Å². The van der Waals surface area contributed by atoms with Gasteiger partial charge in [-0.05, 0) is 87.3 Å². The van der Waals surface area contributed by atoms with E-state index in [4.69, 9.17) is 9.47 Å². The van der Waals surface area contributed by atoms with E-state index in [1.54, 1.807) is 6.92 Å². The Morgan fingerprint density at radius 1 is 1.03 bits per heavy atom. The summed E-state index contributed by atoms with van der Waals surface area (Å²) in [5.41, 5.74) is 1.82. The van der Waals surface area contributed by atoms with Crippen LogP contribution in [-0.2, 0) is 9.53 Å². The summed E-state index contributed by atoms with van der Waals surface area (Å²) >= 11 is 0. The van der Waals surface area contributed by atoms with Gasteiger partial charge in [-0.15, -0.1) is 0 Å². The molecule has 0 spiro atoms. The lowest BCUT2D eigenvalue weighted by molar-refractivity contribution is -0.140. The third kappa shape index (κ3) is 7.68. The molecule has 1 atom stereocenters. The fourth-order valence-electron chi connectivity index (χ4n) is 5.12. The highest BCUT2D eigenvalue weighted by molar-refractivity contribution is 5.86. The number of esters is 1. The van der Waals surface area contributed by atoms with Gasteiger partial charge < -0.3 is 14.6 Å².